The first-order valence-electron chi connectivity index (χ1n) is 6.47. The Kier molecular flexibility index (Phi) is 3.18. The molecule has 1 N–H and O–H groups in total. The molecule has 0 unspecified atom stereocenters. The van der Waals surface area contributed by atoms with Crippen molar-refractivity contribution in [1.82, 2.24) is 14.6 Å². The number of aryl methyl sites for hydroxylation is 1. The highest BCUT2D eigenvalue weighted by Crippen LogP contribution is 2.26. The molecule has 3 rings (SSSR count). The zero-order valence-electron chi connectivity index (χ0n) is 10.5. The molecule has 2 aromatic heterocycles. The Morgan fingerprint density at radius 3 is 2.94 bits per heavy atom. The van der Waals surface area contributed by atoms with Crippen LogP contribution >= 0.6 is 12.2 Å². The van der Waals surface area contributed by atoms with Gasteiger partial charge >= 0.3 is 0 Å². The Morgan fingerprint density at radius 1 is 1.44 bits per heavy atom. The summed E-state index contributed by atoms with van der Waals surface area (Å²) in [5.74, 6) is 0.542. The van der Waals surface area contributed by atoms with Gasteiger partial charge in [0.15, 0.2) is 5.65 Å². The number of nitrogens with one attached hydrogen (secondary N) is 1. The molecule has 0 aromatic carbocycles. The minimum absolute atomic E-state index is 0.542. The van der Waals surface area contributed by atoms with Crippen LogP contribution in [0.15, 0.2) is 12.1 Å². The van der Waals surface area contributed by atoms with E-state index < -0.39 is 0 Å². The van der Waals surface area contributed by atoms with Crippen LogP contribution in [0.25, 0.3) is 5.65 Å². The van der Waals surface area contributed by atoms with Crippen molar-refractivity contribution in [2.75, 3.05) is 13.2 Å². The number of aromatic nitrogens is 3. The SMILES string of the molecule is CCc1cc(=S)n2[nH]c(C3CCOCC3)cc2n1. The van der Waals surface area contributed by atoms with Gasteiger partial charge in [0, 0.05) is 36.6 Å². The number of fused-ring (bicyclic) bond motifs is 1. The third-order valence-corrected chi connectivity index (χ3v) is 3.85. The molecule has 18 heavy (non-hydrogen) atoms. The summed E-state index contributed by atoms with van der Waals surface area (Å²) in [6.07, 6.45) is 3.06. The molecule has 0 amide bonds. The maximum atomic E-state index is 5.40. The van der Waals surface area contributed by atoms with E-state index in [1.165, 1.54) is 5.69 Å². The van der Waals surface area contributed by atoms with Gasteiger partial charge in [-0.2, -0.15) is 0 Å². The monoisotopic (exact) mass is 263 g/mol. The Bertz CT molecular complexity index is 610. The van der Waals surface area contributed by atoms with Gasteiger partial charge in [-0.1, -0.05) is 19.1 Å². The van der Waals surface area contributed by atoms with E-state index >= 15 is 0 Å². The lowest BCUT2D eigenvalue weighted by Gasteiger charge is -2.20. The molecule has 2 aromatic rings. The van der Waals surface area contributed by atoms with Gasteiger partial charge in [-0.3, -0.25) is 5.10 Å². The van der Waals surface area contributed by atoms with E-state index in [2.05, 4.69) is 23.1 Å². The maximum Gasteiger partial charge on any atom is 0.154 e. The van der Waals surface area contributed by atoms with Gasteiger partial charge in [0.25, 0.3) is 0 Å². The molecular formula is C13H17N3OS. The minimum atomic E-state index is 0.542. The Balaban J connectivity index is 2.04. The van der Waals surface area contributed by atoms with E-state index in [-0.39, 0.29) is 0 Å². The van der Waals surface area contributed by atoms with Crippen LogP contribution in [0, 0.1) is 4.64 Å². The number of hydrogen-bond donors (Lipinski definition) is 1. The summed E-state index contributed by atoms with van der Waals surface area (Å²) in [5.41, 5.74) is 3.21. The van der Waals surface area contributed by atoms with Crippen LogP contribution in [-0.4, -0.2) is 27.8 Å². The number of H-pyrrole nitrogens is 1. The highest BCUT2D eigenvalue weighted by atomic mass is 32.1. The number of aromatic amines is 1. The summed E-state index contributed by atoms with van der Waals surface area (Å²) in [6.45, 7) is 3.79. The van der Waals surface area contributed by atoms with Crippen LogP contribution in [0.3, 0.4) is 0 Å². The average molecular weight is 263 g/mol. The molecule has 5 heteroatoms. The number of nitrogens with zero attached hydrogens (tertiary/aromatic N) is 2. The molecule has 96 valence electrons. The molecule has 1 aliphatic rings. The molecule has 0 spiro atoms. The van der Waals surface area contributed by atoms with Crippen LogP contribution in [0.1, 0.15) is 37.1 Å². The Morgan fingerprint density at radius 2 is 2.22 bits per heavy atom. The quantitative estimate of drug-likeness (QED) is 0.847. The summed E-state index contributed by atoms with van der Waals surface area (Å²) in [6, 6.07) is 4.09. The van der Waals surface area contributed by atoms with E-state index in [1.807, 2.05) is 10.6 Å². The molecule has 4 nitrogen and oxygen atoms in total. The van der Waals surface area contributed by atoms with Crippen molar-refractivity contribution in [3.8, 4) is 0 Å². The van der Waals surface area contributed by atoms with Crippen molar-refractivity contribution >= 4 is 17.9 Å². The number of hydrogen-bond acceptors (Lipinski definition) is 3. The third-order valence-electron chi connectivity index (χ3n) is 3.55. The van der Waals surface area contributed by atoms with Crippen molar-refractivity contribution in [3.05, 3.63) is 28.2 Å². The summed E-state index contributed by atoms with van der Waals surface area (Å²) in [7, 11) is 0. The topological polar surface area (TPSA) is 42.3 Å². The molecule has 0 atom stereocenters. The summed E-state index contributed by atoms with van der Waals surface area (Å²) < 4.78 is 8.10. The van der Waals surface area contributed by atoms with E-state index in [4.69, 9.17) is 17.0 Å². The first-order chi connectivity index (χ1) is 8.78. The Hall–Kier alpha value is -1.20. The van der Waals surface area contributed by atoms with Gasteiger partial charge in [0.1, 0.15) is 4.64 Å². The average Bonchev–Trinajstić information content (AvgIpc) is 2.84. The fourth-order valence-corrected chi connectivity index (χ4v) is 2.73. The highest BCUT2D eigenvalue weighted by molar-refractivity contribution is 7.71. The van der Waals surface area contributed by atoms with Crippen molar-refractivity contribution in [2.24, 2.45) is 0 Å². The van der Waals surface area contributed by atoms with Gasteiger partial charge in [-0.15, -0.1) is 0 Å². The van der Waals surface area contributed by atoms with Crippen LogP contribution in [-0.2, 0) is 11.2 Å². The molecule has 0 radical (unpaired) electrons. The minimum Gasteiger partial charge on any atom is -0.381 e. The van der Waals surface area contributed by atoms with Crippen LogP contribution in [0.5, 0.6) is 0 Å². The highest BCUT2D eigenvalue weighted by Gasteiger charge is 2.18. The molecule has 3 heterocycles. The van der Waals surface area contributed by atoms with Gasteiger partial charge in [-0.25, -0.2) is 9.50 Å². The zero-order valence-corrected chi connectivity index (χ0v) is 11.3. The second-order valence-corrected chi connectivity index (χ2v) is 5.15. The summed E-state index contributed by atoms with van der Waals surface area (Å²) in [4.78, 5) is 4.60. The number of ether oxygens (including phenoxy) is 1. The smallest absolute Gasteiger partial charge is 0.154 e. The largest absolute Gasteiger partial charge is 0.381 e. The van der Waals surface area contributed by atoms with E-state index in [1.54, 1.807) is 0 Å². The van der Waals surface area contributed by atoms with Gasteiger partial charge < -0.3 is 4.74 Å². The number of rotatable bonds is 2. The van der Waals surface area contributed by atoms with E-state index in [9.17, 15) is 0 Å². The second-order valence-electron chi connectivity index (χ2n) is 4.73. The van der Waals surface area contributed by atoms with Crippen molar-refractivity contribution < 1.29 is 4.74 Å². The van der Waals surface area contributed by atoms with Gasteiger partial charge in [-0.05, 0) is 25.3 Å². The molecule has 1 fully saturated rings. The van der Waals surface area contributed by atoms with Gasteiger partial charge in [0.2, 0.25) is 0 Å². The standard InChI is InChI=1S/C13H17N3OS/c1-2-10-7-13(18)16-12(14-10)8-11(15-16)9-3-5-17-6-4-9/h7-9,15H,2-6H2,1H3. The lowest BCUT2D eigenvalue weighted by Crippen LogP contribution is -2.14. The van der Waals surface area contributed by atoms with Crippen molar-refractivity contribution in [3.63, 3.8) is 0 Å². The van der Waals surface area contributed by atoms with Crippen LogP contribution in [0.4, 0.5) is 0 Å². The van der Waals surface area contributed by atoms with Crippen LogP contribution < -0.4 is 0 Å². The molecule has 1 saturated heterocycles. The molecule has 1 aliphatic heterocycles. The third kappa shape index (κ3) is 2.08. The molecule has 0 bridgehead atoms. The fraction of sp³-hybridized carbons (Fsp3) is 0.538. The van der Waals surface area contributed by atoms with E-state index in [0.717, 1.165) is 48.5 Å². The predicted molar refractivity (Wildman–Crippen MR) is 72.5 cm³/mol. The normalized spacial score (nSPS) is 17.4. The van der Waals surface area contributed by atoms with Gasteiger partial charge in [0.05, 0.1) is 0 Å². The summed E-state index contributed by atoms with van der Waals surface area (Å²) >= 11 is 5.39. The van der Waals surface area contributed by atoms with Crippen molar-refractivity contribution in [1.29, 1.82) is 0 Å². The predicted octanol–water partition coefficient (Wildman–Crippen LogP) is 2.85. The van der Waals surface area contributed by atoms with Crippen molar-refractivity contribution in [2.45, 2.75) is 32.1 Å². The second kappa shape index (κ2) is 4.82. The maximum absolute atomic E-state index is 5.40. The first kappa shape index (κ1) is 11.9. The molecule has 0 aliphatic carbocycles. The zero-order chi connectivity index (χ0) is 12.5. The first-order valence-corrected chi connectivity index (χ1v) is 6.88. The summed E-state index contributed by atoms with van der Waals surface area (Å²) in [5, 5.41) is 3.38. The Labute approximate surface area is 111 Å². The van der Waals surface area contributed by atoms with E-state index in [0.29, 0.717) is 5.92 Å². The lowest BCUT2D eigenvalue weighted by atomic mass is 9.97. The fourth-order valence-electron chi connectivity index (χ4n) is 2.46. The molecule has 0 saturated carbocycles. The lowest BCUT2D eigenvalue weighted by molar-refractivity contribution is 0.0844. The van der Waals surface area contributed by atoms with Crippen LogP contribution in [0.2, 0.25) is 0 Å². The molecular weight excluding hydrogens is 246 g/mol.